The fraction of sp³-hybridized carbons (Fsp3) is 0.167. The minimum atomic E-state index is -0.166. The third-order valence-electron chi connectivity index (χ3n) is 9.07. The number of hydrogen-bond acceptors (Lipinski definition) is 3. The highest BCUT2D eigenvalue weighted by Gasteiger charge is 2.47. The monoisotopic (exact) mass is 518 g/mol. The average Bonchev–Trinajstić information content (AvgIpc) is 3.46. The Bertz CT molecular complexity index is 1870. The molecule has 5 aromatic rings. The molecule has 3 aromatic carbocycles. The van der Waals surface area contributed by atoms with E-state index in [-0.39, 0.29) is 11.5 Å². The number of hydrogen-bond donors (Lipinski definition) is 0. The van der Waals surface area contributed by atoms with Crippen LogP contribution >= 0.6 is 0 Å². The molecule has 0 bridgehead atoms. The van der Waals surface area contributed by atoms with Gasteiger partial charge in [-0.3, -0.25) is 9.98 Å². The molecule has 0 fully saturated rings. The van der Waals surface area contributed by atoms with Crippen molar-refractivity contribution in [2.24, 2.45) is 10.9 Å². The second-order valence-corrected chi connectivity index (χ2v) is 11.4. The molecule has 0 spiro atoms. The van der Waals surface area contributed by atoms with Gasteiger partial charge in [0.25, 0.3) is 0 Å². The summed E-state index contributed by atoms with van der Waals surface area (Å²) in [5.74, 6) is 0.624. The van der Waals surface area contributed by atoms with Crippen molar-refractivity contribution in [3.8, 4) is 0 Å². The van der Waals surface area contributed by atoms with Crippen LogP contribution in [0.2, 0.25) is 0 Å². The first-order chi connectivity index (χ1) is 19.6. The van der Waals surface area contributed by atoms with E-state index in [1.165, 1.54) is 55.6 Å². The van der Waals surface area contributed by atoms with Gasteiger partial charge in [0.1, 0.15) is 0 Å². The van der Waals surface area contributed by atoms with Crippen LogP contribution in [-0.2, 0) is 0 Å². The molecule has 2 aromatic heterocycles. The zero-order valence-corrected chi connectivity index (χ0v) is 22.7. The van der Waals surface area contributed by atoms with Crippen LogP contribution in [0.3, 0.4) is 0 Å². The predicted molar refractivity (Wildman–Crippen MR) is 167 cm³/mol. The van der Waals surface area contributed by atoms with Crippen LogP contribution in [0.1, 0.15) is 37.3 Å². The summed E-state index contributed by atoms with van der Waals surface area (Å²) in [6, 6.07) is 28.7. The smallest absolute Gasteiger partial charge is 0.0742 e. The number of nitrogens with zero attached hydrogens (tertiary/aromatic N) is 4. The first kappa shape index (κ1) is 23.2. The van der Waals surface area contributed by atoms with E-state index in [0.29, 0.717) is 5.92 Å². The van der Waals surface area contributed by atoms with Crippen molar-refractivity contribution in [3.05, 3.63) is 127 Å². The number of aliphatic imine (C=N–C) groups is 1. The van der Waals surface area contributed by atoms with Gasteiger partial charge in [-0.05, 0) is 72.5 Å². The van der Waals surface area contributed by atoms with Crippen LogP contribution < -0.4 is 4.90 Å². The number of fused-ring (bicyclic) bond motifs is 6. The summed E-state index contributed by atoms with van der Waals surface area (Å²) in [5.41, 5.74) is 10.1. The Morgan fingerprint density at radius 1 is 0.850 bits per heavy atom. The highest BCUT2D eigenvalue weighted by Crippen LogP contribution is 2.52. The predicted octanol–water partition coefficient (Wildman–Crippen LogP) is 8.75. The van der Waals surface area contributed by atoms with Gasteiger partial charge in [-0.1, -0.05) is 61.5 Å². The summed E-state index contributed by atoms with van der Waals surface area (Å²) in [6.07, 6.45) is 15.8. The van der Waals surface area contributed by atoms with Gasteiger partial charge in [0.05, 0.1) is 16.6 Å². The zero-order chi connectivity index (χ0) is 26.8. The SMILES string of the molecule is CC1CC(c2ccc(N3c4ccccc4C4C=NC=CC43C)cc2)=CC=C1n1c2ccccc2c2cnccc21. The molecular formula is C36H30N4. The molecule has 3 atom stereocenters. The Labute approximate surface area is 234 Å². The third kappa shape index (κ3) is 3.26. The molecule has 3 unspecified atom stereocenters. The number of benzene rings is 3. The number of pyridine rings is 1. The molecule has 0 radical (unpaired) electrons. The van der Waals surface area contributed by atoms with Crippen molar-refractivity contribution in [2.45, 2.75) is 31.7 Å². The summed E-state index contributed by atoms with van der Waals surface area (Å²) < 4.78 is 2.43. The maximum Gasteiger partial charge on any atom is 0.0742 e. The average molecular weight is 519 g/mol. The quantitative estimate of drug-likeness (QED) is 0.239. The van der Waals surface area contributed by atoms with Gasteiger partial charge < -0.3 is 9.47 Å². The molecule has 8 rings (SSSR count). The van der Waals surface area contributed by atoms with Crippen LogP contribution in [0.5, 0.6) is 0 Å². The van der Waals surface area contributed by atoms with E-state index in [2.05, 4.69) is 137 Å². The molecule has 3 aliphatic rings. The highest BCUT2D eigenvalue weighted by atomic mass is 15.2. The molecule has 2 aliphatic heterocycles. The molecule has 0 amide bonds. The first-order valence-corrected chi connectivity index (χ1v) is 14.1. The van der Waals surface area contributed by atoms with Gasteiger partial charge in [-0.25, -0.2) is 0 Å². The Morgan fingerprint density at radius 2 is 1.65 bits per heavy atom. The van der Waals surface area contributed by atoms with E-state index in [4.69, 9.17) is 0 Å². The lowest BCUT2D eigenvalue weighted by Crippen LogP contribution is -2.43. The summed E-state index contributed by atoms with van der Waals surface area (Å²) >= 11 is 0. The van der Waals surface area contributed by atoms with Gasteiger partial charge >= 0.3 is 0 Å². The maximum absolute atomic E-state index is 4.48. The van der Waals surface area contributed by atoms with Gasteiger partial charge in [-0.15, -0.1) is 0 Å². The Kier molecular flexibility index (Phi) is 5.02. The van der Waals surface area contributed by atoms with Crippen molar-refractivity contribution in [1.29, 1.82) is 0 Å². The summed E-state index contributed by atoms with van der Waals surface area (Å²) in [6.45, 7) is 4.66. The number of anilines is 2. The van der Waals surface area contributed by atoms with Gasteiger partial charge in [0.2, 0.25) is 0 Å². The lowest BCUT2D eigenvalue weighted by Gasteiger charge is -2.38. The van der Waals surface area contributed by atoms with Crippen LogP contribution in [0.25, 0.3) is 33.1 Å². The van der Waals surface area contributed by atoms with Crippen LogP contribution in [-0.4, -0.2) is 21.3 Å². The summed E-state index contributed by atoms with van der Waals surface area (Å²) in [7, 11) is 0. The molecular weight excluding hydrogens is 488 g/mol. The Morgan fingerprint density at radius 3 is 2.52 bits per heavy atom. The first-order valence-electron chi connectivity index (χ1n) is 14.1. The van der Waals surface area contributed by atoms with E-state index in [1.807, 2.05) is 18.6 Å². The van der Waals surface area contributed by atoms with E-state index in [0.717, 1.165) is 6.42 Å². The molecule has 0 saturated heterocycles. The van der Waals surface area contributed by atoms with Crippen LogP contribution in [0.15, 0.2) is 121 Å². The van der Waals surface area contributed by atoms with Crippen LogP contribution in [0, 0.1) is 5.92 Å². The largest absolute Gasteiger partial charge is 0.331 e. The van der Waals surface area contributed by atoms with Crippen molar-refractivity contribution in [3.63, 3.8) is 0 Å². The van der Waals surface area contributed by atoms with E-state index in [1.54, 1.807) is 0 Å². The standard InChI is InChI=1S/C36H30N4/c1-24-21-26(13-16-32(24)39-33-9-5-3-7-28(33)30-22-37-19-17-34(30)39)25-11-14-27(15-12-25)40-35-10-6-4-8-29(35)31-23-38-20-18-36(31,40)2/h3-20,22-24,31H,21H2,1-2H3. The minimum absolute atomic E-state index is 0.166. The van der Waals surface area contributed by atoms with Crippen molar-refractivity contribution < 1.29 is 0 Å². The zero-order valence-electron chi connectivity index (χ0n) is 22.7. The molecule has 4 heterocycles. The van der Waals surface area contributed by atoms with Crippen molar-refractivity contribution >= 4 is 50.7 Å². The van der Waals surface area contributed by atoms with Gasteiger partial charge in [0.15, 0.2) is 0 Å². The molecule has 40 heavy (non-hydrogen) atoms. The van der Waals surface area contributed by atoms with E-state index < -0.39 is 0 Å². The molecule has 1 aliphatic carbocycles. The lowest BCUT2D eigenvalue weighted by atomic mass is 9.83. The molecule has 4 nitrogen and oxygen atoms in total. The van der Waals surface area contributed by atoms with E-state index >= 15 is 0 Å². The normalized spacial score (nSPS) is 23.3. The maximum atomic E-state index is 4.48. The Hall–Kier alpha value is -4.70. The molecule has 0 saturated carbocycles. The minimum Gasteiger partial charge on any atom is -0.331 e. The topological polar surface area (TPSA) is 33.4 Å². The van der Waals surface area contributed by atoms with Gasteiger partial charge in [0, 0.05) is 64.5 Å². The molecule has 194 valence electrons. The highest BCUT2D eigenvalue weighted by molar-refractivity contribution is 6.09. The fourth-order valence-electron chi connectivity index (χ4n) is 7.10. The number of aromatic nitrogens is 2. The Balaban J connectivity index is 1.16. The van der Waals surface area contributed by atoms with Crippen molar-refractivity contribution in [1.82, 2.24) is 9.55 Å². The fourth-order valence-corrected chi connectivity index (χ4v) is 7.10. The number of rotatable bonds is 3. The number of para-hydroxylation sites is 2. The van der Waals surface area contributed by atoms with E-state index in [9.17, 15) is 0 Å². The second-order valence-electron chi connectivity index (χ2n) is 11.4. The molecule has 0 N–H and O–H groups in total. The second kappa shape index (κ2) is 8.65. The third-order valence-corrected chi connectivity index (χ3v) is 9.07. The van der Waals surface area contributed by atoms with Crippen LogP contribution in [0.4, 0.5) is 11.4 Å². The summed E-state index contributed by atoms with van der Waals surface area (Å²) in [5, 5.41) is 2.46. The summed E-state index contributed by atoms with van der Waals surface area (Å²) in [4.78, 5) is 11.4. The van der Waals surface area contributed by atoms with Crippen molar-refractivity contribution in [2.75, 3.05) is 4.90 Å². The lowest BCUT2D eigenvalue weighted by molar-refractivity contribution is 0.565. The molecule has 4 heteroatoms. The van der Waals surface area contributed by atoms with Gasteiger partial charge in [-0.2, -0.15) is 0 Å². The number of allylic oxidation sites excluding steroid dienone is 4.